The summed E-state index contributed by atoms with van der Waals surface area (Å²) in [4.78, 5) is 2.06. The second-order valence-corrected chi connectivity index (χ2v) is 15.9. The van der Waals surface area contributed by atoms with Crippen molar-refractivity contribution in [3.63, 3.8) is 0 Å². The smallest absolute Gasteiger partial charge is 0.294 e. The Bertz CT molecular complexity index is 2150. The fraction of sp³-hybridized carbons (Fsp3) is 0.325. The minimum Gasteiger partial charge on any atom is -0.497 e. The molecule has 1 unspecified atom stereocenters. The molecule has 3 aromatic rings. The van der Waals surface area contributed by atoms with Gasteiger partial charge in [0.1, 0.15) is 18.5 Å². The Hall–Kier alpha value is -4.11. The van der Waals surface area contributed by atoms with Gasteiger partial charge in [0.25, 0.3) is 10.1 Å². The number of allylic oxidation sites excluding steroid dienone is 8. The van der Waals surface area contributed by atoms with Crippen molar-refractivity contribution in [3.05, 3.63) is 123 Å². The lowest BCUT2D eigenvalue weighted by Gasteiger charge is -2.24. The maximum Gasteiger partial charge on any atom is 0.294 e. The third kappa shape index (κ3) is 5.83. The topological polar surface area (TPSA) is 79.1 Å². The second kappa shape index (κ2) is 12.3. The molecule has 2 aliphatic heterocycles. The first-order valence-electron chi connectivity index (χ1n) is 16.3. The fourth-order valence-corrected chi connectivity index (χ4v) is 8.60. The van der Waals surface area contributed by atoms with E-state index in [-0.39, 0.29) is 21.6 Å². The van der Waals surface area contributed by atoms with Crippen molar-refractivity contribution in [1.82, 2.24) is 0 Å². The Kier molecular flexibility index (Phi) is 8.75. The lowest BCUT2D eigenvalue weighted by Crippen LogP contribution is -2.26. The van der Waals surface area contributed by atoms with E-state index in [0.717, 1.165) is 56.6 Å². The molecule has 0 spiro atoms. The quantitative estimate of drug-likeness (QED) is 0.196. The molecular formula is C40H44ClN2O5S+. The molecule has 1 N–H and O–H groups in total. The van der Waals surface area contributed by atoms with Gasteiger partial charge in [0.15, 0.2) is 5.71 Å². The third-order valence-electron chi connectivity index (χ3n) is 10.6. The molecule has 49 heavy (non-hydrogen) atoms. The van der Waals surface area contributed by atoms with Gasteiger partial charge in [0, 0.05) is 52.5 Å². The molecule has 1 atom stereocenters. The molecule has 2 heterocycles. The molecular weight excluding hydrogens is 656 g/mol. The number of hydrogen-bond acceptors (Lipinski definition) is 5. The number of hydrogen-bond donors (Lipinski definition) is 1. The molecule has 1 aliphatic carbocycles. The van der Waals surface area contributed by atoms with Gasteiger partial charge in [0.2, 0.25) is 5.69 Å². The average Bonchev–Trinajstić information content (AvgIpc) is 3.54. The van der Waals surface area contributed by atoms with E-state index in [0.29, 0.717) is 11.5 Å². The molecule has 9 heteroatoms. The minimum absolute atomic E-state index is 0.134. The maximum absolute atomic E-state index is 12.2. The van der Waals surface area contributed by atoms with E-state index in [2.05, 4.69) is 99.8 Å². The SMILES string of the molecule is COc1ccc2c(c1)C(C)(C)C(=CC=C1C(Cl)=C(C=CC3=[N+](C)c4ccc(OC)cc4C3(C)C)CC1c1cc(S(=O)(=O)O)ccc1C)N2C. The maximum atomic E-state index is 12.2. The molecule has 0 aromatic heterocycles. The van der Waals surface area contributed by atoms with Crippen molar-refractivity contribution in [1.29, 1.82) is 0 Å². The van der Waals surface area contributed by atoms with Crippen LogP contribution in [0.15, 0.2) is 106 Å². The van der Waals surface area contributed by atoms with E-state index >= 15 is 0 Å². The van der Waals surface area contributed by atoms with Crippen LogP contribution in [0.25, 0.3) is 0 Å². The van der Waals surface area contributed by atoms with Crippen molar-refractivity contribution in [2.24, 2.45) is 0 Å². The highest BCUT2D eigenvalue weighted by atomic mass is 35.5. The van der Waals surface area contributed by atoms with Crippen LogP contribution in [0.1, 0.15) is 62.3 Å². The Morgan fingerprint density at radius 2 is 1.57 bits per heavy atom. The molecule has 3 aliphatic rings. The van der Waals surface area contributed by atoms with E-state index < -0.39 is 10.1 Å². The molecule has 256 valence electrons. The molecule has 0 fully saturated rings. The number of rotatable bonds is 7. The Morgan fingerprint density at radius 3 is 2.22 bits per heavy atom. The predicted octanol–water partition coefficient (Wildman–Crippen LogP) is 8.74. The molecule has 0 bridgehead atoms. The van der Waals surface area contributed by atoms with Crippen molar-refractivity contribution < 1.29 is 27.0 Å². The minimum atomic E-state index is -4.40. The highest BCUT2D eigenvalue weighted by molar-refractivity contribution is 7.85. The molecule has 7 nitrogen and oxygen atoms in total. The van der Waals surface area contributed by atoms with Crippen LogP contribution in [0.2, 0.25) is 0 Å². The second-order valence-electron chi connectivity index (χ2n) is 14.1. The van der Waals surface area contributed by atoms with E-state index in [1.807, 2.05) is 19.1 Å². The number of nitrogens with zero attached hydrogens (tertiary/aromatic N) is 2. The lowest BCUT2D eigenvalue weighted by atomic mass is 9.81. The number of halogens is 1. The van der Waals surface area contributed by atoms with E-state index in [4.69, 9.17) is 21.1 Å². The summed E-state index contributed by atoms with van der Waals surface area (Å²) in [5.74, 6) is 1.40. The summed E-state index contributed by atoms with van der Waals surface area (Å²) in [7, 11) is 3.09. The molecule has 0 saturated heterocycles. The van der Waals surface area contributed by atoms with Gasteiger partial charge in [-0.25, -0.2) is 0 Å². The van der Waals surface area contributed by atoms with Crippen LogP contribution in [0.3, 0.4) is 0 Å². The summed E-state index contributed by atoms with van der Waals surface area (Å²) in [5.41, 5.74) is 9.78. The fourth-order valence-electron chi connectivity index (χ4n) is 7.75. The lowest BCUT2D eigenvalue weighted by molar-refractivity contribution is -0.401. The van der Waals surface area contributed by atoms with Crippen molar-refractivity contribution in [2.45, 2.75) is 62.7 Å². The van der Waals surface area contributed by atoms with Crippen molar-refractivity contribution >= 4 is 38.8 Å². The normalized spacial score (nSPS) is 21.4. The molecule has 3 aromatic carbocycles. The van der Waals surface area contributed by atoms with Crippen LogP contribution in [0.5, 0.6) is 11.5 Å². The average molecular weight is 700 g/mol. The van der Waals surface area contributed by atoms with Gasteiger partial charge < -0.3 is 14.4 Å². The molecule has 6 rings (SSSR count). The summed E-state index contributed by atoms with van der Waals surface area (Å²) in [6.45, 7) is 10.8. The predicted molar refractivity (Wildman–Crippen MR) is 198 cm³/mol. The van der Waals surface area contributed by atoms with Crippen LogP contribution >= 0.6 is 11.6 Å². The van der Waals surface area contributed by atoms with Crippen LogP contribution in [-0.2, 0) is 20.9 Å². The number of anilines is 1. The summed E-state index contributed by atoms with van der Waals surface area (Å²) >= 11 is 7.31. The Labute approximate surface area is 295 Å². The first-order chi connectivity index (χ1) is 23.0. The van der Waals surface area contributed by atoms with Crippen LogP contribution in [0.4, 0.5) is 11.4 Å². The highest BCUT2D eigenvalue weighted by Crippen LogP contribution is 2.50. The van der Waals surface area contributed by atoms with Gasteiger partial charge >= 0.3 is 0 Å². The number of fused-ring (bicyclic) bond motifs is 2. The first-order valence-corrected chi connectivity index (χ1v) is 18.1. The summed E-state index contributed by atoms with van der Waals surface area (Å²) in [6, 6.07) is 17.1. The van der Waals surface area contributed by atoms with Crippen LogP contribution < -0.4 is 14.4 Å². The molecule has 0 amide bonds. The largest absolute Gasteiger partial charge is 0.497 e. The Morgan fingerprint density at radius 1 is 0.918 bits per heavy atom. The first kappa shape index (κ1) is 34.7. The zero-order chi connectivity index (χ0) is 35.6. The monoisotopic (exact) mass is 699 g/mol. The third-order valence-corrected chi connectivity index (χ3v) is 11.9. The standard InChI is InChI=1S/C40H43ClN2O5S/c1-24-10-14-28(49(44,45)46)23-30(24)31-20-25(11-18-36-39(2,3)32-21-26(47-8)12-16-34(32)42(36)6)38(41)29(31)15-19-37-40(4,5)33-22-27(48-9)13-17-35(33)43(37)7/h10-19,21-23,31H,20H2,1-9H3/p+1. The van der Waals surface area contributed by atoms with Gasteiger partial charge in [0.05, 0.1) is 24.5 Å². The number of methoxy groups -OCH3 is 2. The summed E-state index contributed by atoms with van der Waals surface area (Å²) in [6.07, 6.45) is 9.00. The van der Waals surface area contributed by atoms with Gasteiger partial charge in [-0.2, -0.15) is 13.0 Å². The van der Waals surface area contributed by atoms with Gasteiger partial charge in [-0.05, 0) is 104 Å². The van der Waals surface area contributed by atoms with E-state index in [1.54, 1.807) is 26.4 Å². The molecule has 0 radical (unpaired) electrons. The van der Waals surface area contributed by atoms with Gasteiger partial charge in [-0.15, -0.1) is 0 Å². The van der Waals surface area contributed by atoms with Crippen LogP contribution in [0, 0.1) is 6.92 Å². The number of aryl methyl sites for hydroxylation is 1. The van der Waals surface area contributed by atoms with Crippen molar-refractivity contribution in [3.8, 4) is 11.5 Å². The van der Waals surface area contributed by atoms with Gasteiger partial charge in [-0.3, -0.25) is 4.55 Å². The molecule has 0 saturated carbocycles. The zero-order valence-electron chi connectivity index (χ0n) is 29.6. The summed E-state index contributed by atoms with van der Waals surface area (Å²) < 4.78 is 47.6. The van der Waals surface area contributed by atoms with Gasteiger partial charge in [-0.1, -0.05) is 43.7 Å². The number of benzene rings is 3. The van der Waals surface area contributed by atoms with Crippen LogP contribution in [-0.4, -0.2) is 51.6 Å². The van der Waals surface area contributed by atoms with Crippen molar-refractivity contribution in [2.75, 3.05) is 33.2 Å². The number of ether oxygens (including phenoxy) is 2. The van der Waals surface area contributed by atoms with E-state index in [9.17, 15) is 13.0 Å². The zero-order valence-corrected chi connectivity index (χ0v) is 31.1. The van der Waals surface area contributed by atoms with E-state index in [1.165, 1.54) is 17.2 Å². The number of likely N-dealkylation sites (N-methyl/N-ethyl adjacent to an activating group) is 1. The Balaban J connectivity index is 1.45. The highest BCUT2D eigenvalue weighted by Gasteiger charge is 2.44. The summed E-state index contributed by atoms with van der Waals surface area (Å²) in [5, 5.41) is 0.630.